The van der Waals surface area contributed by atoms with E-state index in [0.29, 0.717) is 12.1 Å². The van der Waals surface area contributed by atoms with E-state index >= 15 is 0 Å². The molecule has 0 bridgehead atoms. The molecule has 2 N–H and O–H groups in total. The molecule has 0 fully saturated rings. The van der Waals surface area contributed by atoms with Gasteiger partial charge < -0.3 is 15.3 Å². The summed E-state index contributed by atoms with van der Waals surface area (Å²) in [5.74, 6) is -0.281. The van der Waals surface area contributed by atoms with Gasteiger partial charge in [0.05, 0.1) is 24.1 Å². The SMILES string of the molecule is Cc1cc(C(=O)N2Cc3cnn(C)c3Nc3ccccc32)ccc1/C=C/C(=O)O. The van der Waals surface area contributed by atoms with Crippen molar-refractivity contribution in [3.63, 3.8) is 0 Å². The van der Waals surface area contributed by atoms with Gasteiger partial charge in [-0.2, -0.15) is 5.10 Å². The molecule has 0 unspecified atom stereocenters. The van der Waals surface area contributed by atoms with E-state index in [1.807, 2.05) is 38.2 Å². The Balaban J connectivity index is 1.73. The molecule has 146 valence electrons. The summed E-state index contributed by atoms with van der Waals surface area (Å²) in [6.45, 7) is 2.25. The zero-order valence-electron chi connectivity index (χ0n) is 16.1. The third-order valence-electron chi connectivity index (χ3n) is 4.96. The molecule has 29 heavy (non-hydrogen) atoms. The van der Waals surface area contributed by atoms with Gasteiger partial charge in [0, 0.05) is 24.3 Å². The monoisotopic (exact) mass is 388 g/mol. The quantitative estimate of drug-likeness (QED) is 0.668. The first-order chi connectivity index (χ1) is 13.9. The predicted molar refractivity (Wildman–Crippen MR) is 111 cm³/mol. The Morgan fingerprint density at radius 2 is 2.00 bits per heavy atom. The largest absolute Gasteiger partial charge is 0.478 e. The summed E-state index contributed by atoms with van der Waals surface area (Å²) >= 11 is 0. The molecule has 1 amide bonds. The van der Waals surface area contributed by atoms with Crippen molar-refractivity contribution in [2.45, 2.75) is 13.5 Å². The molecule has 1 aliphatic rings. The van der Waals surface area contributed by atoms with E-state index in [1.165, 1.54) is 6.08 Å². The Morgan fingerprint density at radius 1 is 1.21 bits per heavy atom. The molecule has 0 saturated heterocycles. The Hall–Kier alpha value is -3.87. The summed E-state index contributed by atoms with van der Waals surface area (Å²) < 4.78 is 1.76. The van der Waals surface area contributed by atoms with Crippen LogP contribution in [0.25, 0.3) is 6.08 Å². The minimum atomic E-state index is -1.01. The van der Waals surface area contributed by atoms with E-state index < -0.39 is 5.97 Å². The van der Waals surface area contributed by atoms with Crippen LogP contribution in [-0.2, 0) is 18.4 Å². The fourth-order valence-electron chi connectivity index (χ4n) is 3.45. The summed E-state index contributed by atoms with van der Waals surface area (Å²) in [7, 11) is 1.86. The highest BCUT2D eigenvalue weighted by atomic mass is 16.4. The number of anilines is 3. The third kappa shape index (κ3) is 3.50. The van der Waals surface area contributed by atoms with Crippen LogP contribution in [0.3, 0.4) is 0 Å². The molecule has 0 aliphatic carbocycles. The number of carboxylic acid groups (broad SMARTS) is 1. The lowest BCUT2D eigenvalue weighted by Gasteiger charge is -2.23. The van der Waals surface area contributed by atoms with Crippen LogP contribution in [0.2, 0.25) is 0 Å². The molecule has 2 aromatic carbocycles. The molecular weight excluding hydrogens is 368 g/mol. The number of fused-ring (bicyclic) bond motifs is 2. The molecule has 0 radical (unpaired) electrons. The summed E-state index contributed by atoms with van der Waals surface area (Å²) in [6.07, 6.45) is 4.38. The number of hydrogen-bond donors (Lipinski definition) is 2. The number of benzene rings is 2. The first-order valence-corrected chi connectivity index (χ1v) is 9.14. The van der Waals surface area contributed by atoms with Crippen molar-refractivity contribution in [1.82, 2.24) is 9.78 Å². The number of aliphatic carboxylic acids is 1. The molecule has 7 heteroatoms. The van der Waals surface area contributed by atoms with E-state index in [-0.39, 0.29) is 5.91 Å². The van der Waals surface area contributed by atoms with E-state index in [4.69, 9.17) is 5.11 Å². The molecule has 2 heterocycles. The van der Waals surface area contributed by atoms with Gasteiger partial charge in [-0.25, -0.2) is 4.79 Å². The van der Waals surface area contributed by atoms with E-state index in [2.05, 4.69) is 10.4 Å². The number of amides is 1. The van der Waals surface area contributed by atoms with Crippen molar-refractivity contribution in [3.8, 4) is 0 Å². The first-order valence-electron chi connectivity index (χ1n) is 9.14. The lowest BCUT2D eigenvalue weighted by molar-refractivity contribution is -0.131. The van der Waals surface area contributed by atoms with Gasteiger partial charge in [-0.05, 0) is 48.4 Å². The molecular formula is C22H20N4O3. The highest BCUT2D eigenvalue weighted by Crippen LogP contribution is 2.36. The van der Waals surface area contributed by atoms with Crippen LogP contribution in [0.1, 0.15) is 27.0 Å². The number of para-hydroxylation sites is 2. The maximum Gasteiger partial charge on any atom is 0.328 e. The average Bonchev–Trinajstić information content (AvgIpc) is 2.95. The van der Waals surface area contributed by atoms with Gasteiger partial charge >= 0.3 is 5.97 Å². The van der Waals surface area contributed by atoms with Crippen LogP contribution >= 0.6 is 0 Å². The molecule has 0 atom stereocenters. The Labute approximate surface area is 167 Å². The zero-order valence-corrected chi connectivity index (χ0v) is 16.1. The minimum absolute atomic E-state index is 0.132. The lowest BCUT2D eigenvalue weighted by atomic mass is 10.0. The highest BCUT2D eigenvalue weighted by Gasteiger charge is 2.26. The Kier molecular flexibility index (Phi) is 4.64. The fourth-order valence-corrected chi connectivity index (χ4v) is 3.45. The third-order valence-corrected chi connectivity index (χ3v) is 4.96. The fraction of sp³-hybridized carbons (Fsp3) is 0.136. The summed E-state index contributed by atoms with van der Waals surface area (Å²) in [4.78, 5) is 25.9. The van der Waals surface area contributed by atoms with Crippen molar-refractivity contribution in [3.05, 3.63) is 77.0 Å². The van der Waals surface area contributed by atoms with Gasteiger partial charge in [0.15, 0.2) is 0 Å². The highest BCUT2D eigenvalue weighted by molar-refractivity contribution is 6.08. The van der Waals surface area contributed by atoms with Gasteiger partial charge in [-0.15, -0.1) is 0 Å². The maximum absolute atomic E-state index is 13.4. The molecule has 3 aromatic rings. The summed E-state index contributed by atoms with van der Waals surface area (Å²) in [6, 6.07) is 12.9. The van der Waals surface area contributed by atoms with Gasteiger partial charge in [-0.1, -0.05) is 18.2 Å². The van der Waals surface area contributed by atoms with Gasteiger partial charge in [-0.3, -0.25) is 9.48 Å². The standard InChI is InChI=1S/C22H20N4O3/c1-14-11-16(8-7-15(14)9-10-20(27)28)22(29)26-13-17-12-23-25(2)21(17)24-18-5-3-4-6-19(18)26/h3-12,24H,13H2,1-2H3,(H,27,28)/b10-9+. The number of aryl methyl sites for hydroxylation is 2. The number of carbonyl (C=O) groups excluding carboxylic acids is 1. The van der Waals surface area contributed by atoms with Crippen LogP contribution in [0, 0.1) is 6.92 Å². The molecule has 1 aromatic heterocycles. The smallest absolute Gasteiger partial charge is 0.328 e. The van der Waals surface area contributed by atoms with Crippen LogP contribution in [0.15, 0.2) is 54.7 Å². The van der Waals surface area contributed by atoms with Crippen LogP contribution < -0.4 is 10.2 Å². The maximum atomic E-state index is 13.4. The van der Waals surface area contributed by atoms with Crippen molar-refractivity contribution < 1.29 is 14.7 Å². The van der Waals surface area contributed by atoms with Crippen LogP contribution in [0.4, 0.5) is 17.2 Å². The Morgan fingerprint density at radius 3 is 2.76 bits per heavy atom. The minimum Gasteiger partial charge on any atom is -0.478 e. The second-order valence-corrected chi connectivity index (χ2v) is 6.92. The molecule has 0 spiro atoms. The number of nitrogens with one attached hydrogen (secondary N) is 1. The number of nitrogens with zero attached hydrogens (tertiary/aromatic N) is 3. The number of rotatable bonds is 3. The van der Waals surface area contributed by atoms with Crippen LogP contribution in [0.5, 0.6) is 0 Å². The van der Waals surface area contributed by atoms with Gasteiger partial charge in [0.1, 0.15) is 5.82 Å². The first kappa shape index (κ1) is 18.5. The van der Waals surface area contributed by atoms with E-state index in [1.54, 1.807) is 34.0 Å². The number of carboxylic acids is 1. The van der Waals surface area contributed by atoms with Crippen LogP contribution in [-0.4, -0.2) is 26.8 Å². The van der Waals surface area contributed by atoms with E-state index in [9.17, 15) is 9.59 Å². The lowest BCUT2D eigenvalue weighted by Crippen LogP contribution is -2.30. The Bertz CT molecular complexity index is 1150. The van der Waals surface area contributed by atoms with Crippen molar-refractivity contribution >= 4 is 35.1 Å². The number of hydrogen-bond acceptors (Lipinski definition) is 4. The normalized spacial score (nSPS) is 12.8. The molecule has 0 saturated carbocycles. The van der Waals surface area contributed by atoms with Crippen molar-refractivity contribution in [1.29, 1.82) is 0 Å². The van der Waals surface area contributed by atoms with E-state index in [0.717, 1.165) is 40.0 Å². The summed E-state index contributed by atoms with van der Waals surface area (Å²) in [5.41, 5.74) is 4.68. The zero-order chi connectivity index (χ0) is 20.5. The predicted octanol–water partition coefficient (Wildman–Crippen LogP) is 3.73. The second kappa shape index (κ2) is 7.27. The molecule has 4 rings (SSSR count). The van der Waals surface area contributed by atoms with Crippen molar-refractivity contribution in [2.24, 2.45) is 7.05 Å². The topological polar surface area (TPSA) is 87.5 Å². The van der Waals surface area contributed by atoms with Crippen molar-refractivity contribution in [2.75, 3.05) is 10.2 Å². The van der Waals surface area contributed by atoms with Gasteiger partial charge in [0.2, 0.25) is 0 Å². The summed E-state index contributed by atoms with van der Waals surface area (Å²) in [5, 5.41) is 16.5. The second-order valence-electron chi connectivity index (χ2n) is 6.92. The number of carbonyl (C=O) groups is 2. The number of aromatic nitrogens is 2. The average molecular weight is 388 g/mol. The van der Waals surface area contributed by atoms with Gasteiger partial charge in [0.25, 0.3) is 5.91 Å². The molecule has 1 aliphatic heterocycles. The molecule has 7 nitrogen and oxygen atoms in total.